The Morgan fingerprint density at radius 1 is 1.32 bits per heavy atom. The van der Waals surface area contributed by atoms with Gasteiger partial charge >= 0.3 is 5.97 Å². The SMILES string of the molecule is O=C(O)CN(CC1CC1)C(=O)c1cc(Cl)ccc1Cl. The highest BCUT2D eigenvalue weighted by atomic mass is 35.5. The molecule has 1 amide bonds. The number of carboxylic acid groups (broad SMARTS) is 1. The number of nitrogens with zero attached hydrogens (tertiary/aromatic N) is 1. The van der Waals surface area contributed by atoms with E-state index in [2.05, 4.69) is 0 Å². The zero-order valence-electron chi connectivity index (χ0n) is 10.1. The van der Waals surface area contributed by atoms with Crippen LogP contribution >= 0.6 is 23.2 Å². The average Bonchev–Trinajstić information content (AvgIpc) is 3.14. The summed E-state index contributed by atoms with van der Waals surface area (Å²) in [6.07, 6.45) is 2.07. The maximum absolute atomic E-state index is 12.3. The molecule has 1 aromatic rings. The Bertz CT molecular complexity index is 515. The van der Waals surface area contributed by atoms with E-state index in [1.165, 1.54) is 17.0 Å². The van der Waals surface area contributed by atoms with Gasteiger partial charge in [0.15, 0.2) is 0 Å². The number of rotatable bonds is 5. The third-order valence-electron chi connectivity index (χ3n) is 2.95. The van der Waals surface area contributed by atoms with Gasteiger partial charge in [0.25, 0.3) is 5.91 Å². The second kappa shape index (κ2) is 5.80. The van der Waals surface area contributed by atoms with E-state index in [-0.39, 0.29) is 23.0 Å². The minimum absolute atomic E-state index is 0.246. The van der Waals surface area contributed by atoms with Crippen molar-refractivity contribution >= 4 is 35.1 Å². The smallest absolute Gasteiger partial charge is 0.323 e. The number of carboxylic acids is 1. The number of benzene rings is 1. The second-order valence-electron chi connectivity index (χ2n) is 4.65. The van der Waals surface area contributed by atoms with E-state index in [1.807, 2.05) is 0 Å². The fraction of sp³-hybridized carbons (Fsp3) is 0.385. The zero-order chi connectivity index (χ0) is 14.0. The molecule has 0 unspecified atom stereocenters. The monoisotopic (exact) mass is 301 g/mol. The van der Waals surface area contributed by atoms with E-state index in [9.17, 15) is 9.59 Å². The molecule has 0 bridgehead atoms. The van der Waals surface area contributed by atoms with Crippen LogP contribution in [0.3, 0.4) is 0 Å². The Hall–Kier alpha value is -1.26. The molecular formula is C13H13Cl2NO3. The molecule has 1 saturated carbocycles. The Morgan fingerprint density at radius 3 is 2.58 bits per heavy atom. The van der Waals surface area contributed by atoms with Crippen molar-refractivity contribution in [1.82, 2.24) is 4.90 Å². The first kappa shape index (κ1) is 14.2. The molecule has 0 aromatic heterocycles. The van der Waals surface area contributed by atoms with Gasteiger partial charge in [-0.1, -0.05) is 23.2 Å². The number of amides is 1. The van der Waals surface area contributed by atoms with Gasteiger partial charge in [0.05, 0.1) is 10.6 Å². The largest absolute Gasteiger partial charge is 0.480 e. The highest BCUT2D eigenvalue weighted by Crippen LogP contribution is 2.31. The molecule has 1 aliphatic rings. The van der Waals surface area contributed by atoms with Gasteiger partial charge in [-0.3, -0.25) is 9.59 Å². The molecule has 6 heteroatoms. The van der Waals surface area contributed by atoms with Gasteiger partial charge in [-0.05, 0) is 37.0 Å². The van der Waals surface area contributed by atoms with Crippen molar-refractivity contribution in [2.75, 3.05) is 13.1 Å². The van der Waals surface area contributed by atoms with Crippen LogP contribution < -0.4 is 0 Å². The molecule has 4 nitrogen and oxygen atoms in total. The molecule has 1 fully saturated rings. The van der Waals surface area contributed by atoms with Crippen molar-refractivity contribution in [1.29, 1.82) is 0 Å². The standard InChI is InChI=1S/C13H13Cl2NO3/c14-9-3-4-11(15)10(5-9)13(19)16(7-12(17)18)6-8-1-2-8/h3-5,8H,1-2,6-7H2,(H,17,18). The first-order chi connectivity index (χ1) is 8.97. The predicted octanol–water partition coefficient (Wildman–Crippen LogP) is 2.93. The van der Waals surface area contributed by atoms with Gasteiger partial charge < -0.3 is 10.0 Å². The van der Waals surface area contributed by atoms with E-state index in [0.29, 0.717) is 17.5 Å². The van der Waals surface area contributed by atoms with Crippen molar-refractivity contribution < 1.29 is 14.7 Å². The molecule has 102 valence electrons. The second-order valence-corrected chi connectivity index (χ2v) is 5.49. The van der Waals surface area contributed by atoms with Crippen molar-refractivity contribution in [2.24, 2.45) is 5.92 Å². The Morgan fingerprint density at radius 2 is 2.00 bits per heavy atom. The Balaban J connectivity index is 2.21. The van der Waals surface area contributed by atoms with Gasteiger partial charge in [0.2, 0.25) is 0 Å². The molecular weight excluding hydrogens is 289 g/mol. The summed E-state index contributed by atoms with van der Waals surface area (Å²) in [5, 5.41) is 9.56. The summed E-state index contributed by atoms with van der Waals surface area (Å²) in [6, 6.07) is 4.59. The van der Waals surface area contributed by atoms with Gasteiger partial charge in [0.1, 0.15) is 6.54 Å². The Kier molecular flexibility index (Phi) is 4.32. The van der Waals surface area contributed by atoms with E-state index >= 15 is 0 Å². The van der Waals surface area contributed by atoms with Crippen molar-refractivity contribution in [3.8, 4) is 0 Å². The Labute approximate surface area is 120 Å². The molecule has 1 aliphatic carbocycles. The molecule has 0 atom stereocenters. The molecule has 0 heterocycles. The van der Waals surface area contributed by atoms with Crippen LogP contribution in [-0.4, -0.2) is 35.0 Å². The lowest BCUT2D eigenvalue weighted by Gasteiger charge is -2.21. The fourth-order valence-electron chi connectivity index (χ4n) is 1.83. The van der Waals surface area contributed by atoms with E-state index in [0.717, 1.165) is 12.8 Å². The molecule has 1 aromatic carbocycles. The number of aliphatic carboxylic acids is 1. The van der Waals surface area contributed by atoms with E-state index in [4.69, 9.17) is 28.3 Å². The summed E-state index contributed by atoms with van der Waals surface area (Å²) in [6.45, 7) is 0.131. The number of halogens is 2. The highest BCUT2D eigenvalue weighted by Gasteiger charge is 2.29. The molecule has 19 heavy (non-hydrogen) atoms. The van der Waals surface area contributed by atoms with Crippen LogP contribution in [0.5, 0.6) is 0 Å². The molecule has 0 saturated heterocycles. The third kappa shape index (κ3) is 3.85. The maximum Gasteiger partial charge on any atom is 0.323 e. The molecule has 0 radical (unpaired) electrons. The molecule has 2 rings (SSSR count). The summed E-state index contributed by atoms with van der Waals surface area (Å²) in [5.41, 5.74) is 0.246. The van der Waals surface area contributed by atoms with Crippen LogP contribution in [0, 0.1) is 5.92 Å². The summed E-state index contributed by atoms with van der Waals surface area (Å²) >= 11 is 11.8. The van der Waals surface area contributed by atoms with Crippen LogP contribution in [0.4, 0.5) is 0 Å². The minimum Gasteiger partial charge on any atom is -0.480 e. The normalized spacial score (nSPS) is 14.2. The van der Waals surface area contributed by atoms with Crippen LogP contribution in [0.2, 0.25) is 10.0 Å². The number of carbonyl (C=O) groups excluding carboxylic acids is 1. The van der Waals surface area contributed by atoms with Gasteiger partial charge in [-0.25, -0.2) is 0 Å². The zero-order valence-corrected chi connectivity index (χ0v) is 11.6. The van der Waals surface area contributed by atoms with E-state index in [1.54, 1.807) is 6.07 Å². The van der Waals surface area contributed by atoms with Crippen molar-refractivity contribution in [3.63, 3.8) is 0 Å². The van der Waals surface area contributed by atoms with Crippen LogP contribution in [0.15, 0.2) is 18.2 Å². The first-order valence-electron chi connectivity index (χ1n) is 5.93. The molecule has 0 aliphatic heterocycles. The summed E-state index contributed by atoms with van der Waals surface area (Å²) in [7, 11) is 0. The van der Waals surface area contributed by atoms with Gasteiger partial charge in [0, 0.05) is 11.6 Å². The average molecular weight is 302 g/mol. The fourth-order valence-corrected chi connectivity index (χ4v) is 2.20. The highest BCUT2D eigenvalue weighted by molar-refractivity contribution is 6.35. The minimum atomic E-state index is -1.04. The maximum atomic E-state index is 12.3. The lowest BCUT2D eigenvalue weighted by atomic mass is 10.2. The number of hydrogen-bond acceptors (Lipinski definition) is 2. The first-order valence-corrected chi connectivity index (χ1v) is 6.69. The molecule has 1 N–H and O–H groups in total. The van der Waals surface area contributed by atoms with Crippen molar-refractivity contribution in [2.45, 2.75) is 12.8 Å². The lowest BCUT2D eigenvalue weighted by Crippen LogP contribution is -2.37. The van der Waals surface area contributed by atoms with Crippen LogP contribution in [0.1, 0.15) is 23.2 Å². The molecule has 0 spiro atoms. The number of carbonyl (C=O) groups is 2. The number of hydrogen-bond donors (Lipinski definition) is 1. The van der Waals surface area contributed by atoms with E-state index < -0.39 is 5.97 Å². The van der Waals surface area contributed by atoms with Crippen molar-refractivity contribution in [3.05, 3.63) is 33.8 Å². The summed E-state index contributed by atoms with van der Waals surface area (Å²) in [4.78, 5) is 24.5. The predicted molar refractivity (Wildman–Crippen MR) is 72.7 cm³/mol. The topological polar surface area (TPSA) is 57.6 Å². The van der Waals surface area contributed by atoms with Gasteiger partial charge in [-0.15, -0.1) is 0 Å². The van der Waals surface area contributed by atoms with Crippen LogP contribution in [-0.2, 0) is 4.79 Å². The lowest BCUT2D eigenvalue weighted by molar-refractivity contribution is -0.137. The van der Waals surface area contributed by atoms with Gasteiger partial charge in [-0.2, -0.15) is 0 Å². The van der Waals surface area contributed by atoms with Crippen LogP contribution in [0.25, 0.3) is 0 Å². The summed E-state index contributed by atoms with van der Waals surface area (Å²) < 4.78 is 0. The summed E-state index contributed by atoms with van der Waals surface area (Å²) in [5.74, 6) is -1.02. The quantitative estimate of drug-likeness (QED) is 0.910. The third-order valence-corrected chi connectivity index (χ3v) is 3.51.